The lowest BCUT2D eigenvalue weighted by atomic mass is 10.0. The third-order valence-corrected chi connectivity index (χ3v) is 3.32. The third-order valence-electron chi connectivity index (χ3n) is 2.54. The summed E-state index contributed by atoms with van der Waals surface area (Å²) in [5.74, 6) is -2.26. The Labute approximate surface area is 112 Å². The van der Waals surface area contributed by atoms with Gasteiger partial charge in [0.25, 0.3) is 0 Å². The van der Waals surface area contributed by atoms with Crippen LogP contribution in [0, 0.1) is 11.6 Å². The topological polar surface area (TPSA) is 17.1 Å². The van der Waals surface area contributed by atoms with Crippen LogP contribution in [0.25, 0.3) is 0 Å². The van der Waals surface area contributed by atoms with Crippen molar-refractivity contribution in [1.29, 1.82) is 0 Å². The van der Waals surface area contributed by atoms with Crippen LogP contribution in [0.15, 0.2) is 46.9 Å². The molecule has 92 valence electrons. The van der Waals surface area contributed by atoms with Crippen molar-refractivity contribution in [2.45, 2.75) is 6.42 Å². The van der Waals surface area contributed by atoms with Crippen LogP contribution in [0.2, 0.25) is 0 Å². The molecule has 0 spiro atoms. The van der Waals surface area contributed by atoms with Gasteiger partial charge in [-0.3, -0.25) is 4.79 Å². The predicted octanol–water partition coefficient (Wildman–Crippen LogP) is 4.15. The van der Waals surface area contributed by atoms with E-state index in [1.165, 1.54) is 6.07 Å². The summed E-state index contributed by atoms with van der Waals surface area (Å²) in [6.07, 6.45) is 0.157. The van der Waals surface area contributed by atoms with Gasteiger partial charge in [-0.15, -0.1) is 0 Å². The monoisotopic (exact) mass is 310 g/mol. The molecule has 0 aliphatic rings. The second-order valence-corrected chi connectivity index (χ2v) is 4.60. The Balaban J connectivity index is 2.28. The highest BCUT2D eigenvalue weighted by atomic mass is 79.9. The van der Waals surface area contributed by atoms with Crippen molar-refractivity contribution in [1.82, 2.24) is 0 Å². The number of hydrogen-bond donors (Lipinski definition) is 0. The largest absolute Gasteiger partial charge is 0.294 e. The Hall–Kier alpha value is -1.55. The normalized spacial score (nSPS) is 10.4. The average Bonchev–Trinajstić information content (AvgIpc) is 2.37. The molecule has 0 saturated carbocycles. The van der Waals surface area contributed by atoms with Gasteiger partial charge in [-0.05, 0) is 33.6 Å². The summed E-state index contributed by atoms with van der Waals surface area (Å²) in [4.78, 5) is 12.0. The van der Waals surface area contributed by atoms with Gasteiger partial charge in [0.1, 0.15) is 0 Å². The number of rotatable bonds is 3. The first-order valence-corrected chi connectivity index (χ1v) is 6.09. The highest BCUT2D eigenvalue weighted by molar-refractivity contribution is 9.10. The molecule has 1 nitrogen and oxygen atoms in total. The predicted molar refractivity (Wildman–Crippen MR) is 68.5 cm³/mol. The maximum Gasteiger partial charge on any atom is 0.173 e. The molecule has 0 heterocycles. The van der Waals surface area contributed by atoms with Crippen LogP contribution < -0.4 is 0 Å². The molecule has 0 aliphatic carbocycles. The van der Waals surface area contributed by atoms with Gasteiger partial charge in [-0.1, -0.05) is 30.3 Å². The average molecular weight is 311 g/mol. The standard InChI is InChI=1S/C14H9BrF2O/c15-13-10(6-7-11(16)14(13)17)12(18)8-9-4-2-1-3-5-9/h1-7H,8H2. The van der Waals surface area contributed by atoms with Crippen LogP contribution in [0.3, 0.4) is 0 Å². The molecule has 0 unspecified atom stereocenters. The second-order valence-electron chi connectivity index (χ2n) is 3.81. The summed E-state index contributed by atoms with van der Waals surface area (Å²) in [6, 6.07) is 11.4. The second kappa shape index (κ2) is 5.40. The molecule has 0 atom stereocenters. The maximum atomic E-state index is 13.3. The van der Waals surface area contributed by atoms with Gasteiger partial charge >= 0.3 is 0 Å². The van der Waals surface area contributed by atoms with E-state index < -0.39 is 11.6 Å². The molecule has 2 rings (SSSR count). The number of hydrogen-bond acceptors (Lipinski definition) is 1. The Morgan fingerprint density at radius 2 is 1.72 bits per heavy atom. The number of benzene rings is 2. The number of Topliss-reactive ketones (excluding diaryl/α,β-unsaturated/α-hetero) is 1. The summed E-state index contributed by atoms with van der Waals surface area (Å²) in [7, 11) is 0. The van der Waals surface area contributed by atoms with E-state index >= 15 is 0 Å². The lowest BCUT2D eigenvalue weighted by Gasteiger charge is -2.05. The minimum atomic E-state index is -1.03. The number of halogens is 3. The number of carbonyl (C=O) groups is 1. The maximum absolute atomic E-state index is 13.3. The highest BCUT2D eigenvalue weighted by Crippen LogP contribution is 2.24. The molecule has 0 radical (unpaired) electrons. The molecule has 0 fully saturated rings. The smallest absolute Gasteiger partial charge is 0.173 e. The SMILES string of the molecule is O=C(Cc1ccccc1)c1ccc(F)c(F)c1Br. The Kier molecular flexibility index (Phi) is 3.87. The molecule has 0 amide bonds. The molecule has 0 aromatic heterocycles. The van der Waals surface area contributed by atoms with Crippen LogP contribution in [0.5, 0.6) is 0 Å². The third kappa shape index (κ3) is 2.64. The van der Waals surface area contributed by atoms with Gasteiger partial charge in [0.15, 0.2) is 17.4 Å². The number of carbonyl (C=O) groups excluding carboxylic acids is 1. The summed E-state index contributed by atoms with van der Waals surface area (Å²) in [5.41, 5.74) is 0.983. The van der Waals surface area contributed by atoms with Gasteiger partial charge < -0.3 is 0 Å². The van der Waals surface area contributed by atoms with Crippen molar-refractivity contribution in [2.75, 3.05) is 0 Å². The Bertz CT molecular complexity index is 582. The molecule has 0 N–H and O–H groups in total. The van der Waals surface area contributed by atoms with Crippen molar-refractivity contribution in [2.24, 2.45) is 0 Å². The zero-order chi connectivity index (χ0) is 13.1. The highest BCUT2D eigenvalue weighted by Gasteiger charge is 2.16. The first-order valence-electron chi connectivity index (χ1n) is 5.30. The van der Waals surface area contributed by atoms with Gasteiger partial charge in [-0.2, -0.15) is 0 Å². The zero-order valence-electron chi connectivity index (χ0n) is 9.29. The van der Waals surface area contributed by atoms with Gasteiger partial charge in [0.05, 0.1) is 4.47 Å². The van der Waals surface area contributed by atoms with E-state index in [-0.39, 0.29) is 22.2 Å². The van der Waals surface area contributed by atoms with Crippen LogP contribution in [-0.4, -0.2) is 5.78 Å². The quantitative estimate of drug-likeness (QED) is 0.615. The molecular weight excluding hydrogens is 302 g/mol. The minimum Gasteiger partial charge on any atom is -0.294 e. The molecule has 4 heteroatoms. The molecule has 2 aromatic rings. The summed E-state index contributed by atoms with van der Waals surface area (Å²) in [6.45, 7) is 0. The van der Waals surface area contributed by atoms with E-state index in [1.54, 1.807) is 0 Å². The van der Waals surface area contributed by atoms with Crippen molar-refractivity contribution in [3.63, 3.8) is 0 Å². The van der Waals surface area contributed by atoms with Crippen molar-refractivity contribution >= 4 is 21.7 Å². The van der Waals surface area contributed by atoms with Crippen LogP contribution in [0.1, 0.15) is 15.9 Å². The fourth-order valence-electron chi connectivity index (χ4n) is 1.62. The molecule has 2 aromatic carbocycles. The summed E-state index contributed by atoms with van der Waals surface area (Å²) in [5, 5.41) is 0. The van der Waals surface area contributed by atoms with E-state index in [4.69, 9.17) is 0 Å². The molecule has 0 saturated heterocycles. The van der Waals surface area contributed by atoms with E-state index in [9.17, 15) is 13.6 Å². The number of ketones is 1. The summed E-state index contributed by atoms with van der Waals surface area (Å²) < 4.78 is 26.1. The van der Waals surface area contributed by atoms with Gasteiger partial charge in [0.2, 0.25) is 0 Å². The fraction of sp³-hybridized carbons (Fsp3) is 0.0714. The fourth-order valence-corrected chi connectivity index (χ4v) is 2.16. The Morgan fingerprint density at radius 1 is 1.06 bits per heavy atom. The van der Waals surface area contributed by atoms with Crippen molar-refractivity contribution in [3.8, 4) is 0 Å². The van der Waals surface area contributed by atoms with Crippen LogP contribution in [0.4, 0.5) is 8.78 Å². The lowest BCUT2D eigenvalue weighted by Crippen LogP contribution is -2.06. The van der Waals surface area contributed by atoms with Crippen LogP contribution >= 0.6 is 15.9 Å². The minimum absolute atomic E-state index is 0.122. The zero-order valence-corrected chi connectivity index (χ0v) is 10.9. The van der Waals surface area contributed by atoms with E-state index in [0.29, 0.717) is 0 Å². The van der Waals surface area contributed by atoms with Crippen molar-refractivity contribution in [3.05, 3.63) is 69.7 Å². The van der Waals surface area contributed by atoms with Crippen molar-refractivity contribution < 1.29 is 13.6 Å². The molecule has 18 heavy (non-hydrogen) atoms. The Morgan fingerprint density at radius 3 is 2.39 bits per heavy atom. The molecule has 0 bridgehead atoms. The van der Waals surface area contributed by atoms with Crippen LogP contribution in [-0.2, 0) is 6.42 Å². The molecular formula is C14H9BrF2O. The first kappa shape index (κ1) is 12.9. The van der Waals surface area contributed by atoms with Gasteiger partial charge in [0, 0.05) is 12.0 Å². The van der Waals surface area contributed by atoms with E-state index in [0.717, 1.165) is 11.6 Å². The van der Waals surface area contributed by atoms with E-state index in [2.05, 4.69) is 15.9 Å². The first-order chi connectivity index (χ1) is 8.59. The van der Waals surface area contributed by atoms with E-state index in [1.807, 2.05) is 30.3 Å². The van der Waals surface area contributed by atoms with Gasteiger partial charge in [-0.25, -0.2) is 8.78 Å². The molecule has 0 aliphatic heterocycles. The lowest BCUT2D eigenvalue weighted by molar-refractivity contribution is 0.0991. The summed E-state index contributed by atoms with van der Waals surface area (Å²) >= 11 is 2.91.